The highest BCUT2D eigenvalue weighted by atomic mass is 19.2. The van der Waals surface area contributed by atoms with Gasteiger partial charge in [0.15, 0.2) is 23.3 Å². The van der Waals surface area contributed by atoms with E-state index in [4.69, 9.17) is 9.84 Å². The normalized spacial score (nSPS) is 27.0. The van der Waals surface area contributed by atoms with Crippen LogP contribution in [0.15, 0.2) is 0 Å². The van der Waals surface area contributed by atoms with Crippen LogP contribution in [0.25, 0.3) is 0 Å². The van der Waals surface area contributed by atoms with Crippen LogP contribution in [0.5, 0.6) is 0 Å². The Hall–Kier alpha value is -1.25. The maximum absolute atomic E-state index is 13.5. The highest BCUT2D eigenvalue weighted by molar-refractivity contribution is 5.27. The van der Waals surface area contributed by atoms with Crippen LogP contribution in [0.2, 0.25) is 0 Å². The fourth-order valence-corrected chi connectivity index (χ4v) is 1.98. The van der Waals surface area contributed by atoms with E-state index in [9.17, 15) is 27.1 Å². The minimum absolute atomic E-state index is 0.371. The molecule has 1 heterocycles. The maximum atomic E-state index is 13.5. The molecule has 1 aromatic rings. The number of aliphatic hydroxyl groups is 2. The van der Waals surface area contributed by atoms with Gasteiger partial charge in [-0.15, -0.1) is 0 Å². The zero-order chi connectivity index (χ0) is 14.3. The molecule has 19 heavy (non-hydrogen) atoms. The van der Waals surface area contributed by atoms with E-state index in [-0.39, 0.29) is 6.42 Å². The summed E-state index contributed by atoms with van der Waals surface area (Å²) in [5.41, 5.74) is -1.13. The fraction of sp³-hybridized carbons (Fsp3) is 0.455. The van der Waals surface area contributed by atoms with Gasteiger partial charge in [0, 0.05) is 6.42 Å². The Labute approximate surface area is 104 Å². The van der Waals surface area contributed by atoms with Gasteiger partial charge in [0.1, 0.15) is 6.10 Å². The van der Waals surface area contributed by atoms with Crippen molar-refractivity contribution in [3.63, 3.8) is 0 Å². The maximum Gasteiger partial charge on any atom is 0.200 e. The molecular weight excluding hydrogens is 275 g/mol. The first-order valence-corrected chi connectivity index (χ1v) is 5.34. The SMILES string of the molecule is OC[C@H]1O[C@H](c2c(F)c(F)c(F)c(F)c2F)C[C@@H]1O. The molecule has 0 unspecified atom stereocenters. The number of hydrogen-bond acceptors (Lipinski definition) is 3. The van der Waals surface area contributed by atoms with Gasteiger partial charge in [-0.25, -0.2) is 22.0 Å². The zero-order valence-corrected chi connectivity index (χ0v) is 9.34. The molecule has 0 aliphatic carbocycles. The van der Waals surface area contributed by atoms with E-state index in [0.29, 0.717) is 0 Å². The highest BCUT2D eigenvalue weighted by Gasteiger charge is 2.39. The molecule has 1 aliphatic heterocycles. The Morgan fingerprint density at radius 3 is 1.84 bits per heavy atom. The van der Waals surface area contributed by atoms with Crippen LogP contribution in [-0.4, -0.2) is 29.0 Å². The van der Waals surface area contributed by atoms with Crippen LogP contribution in [0.3, 0.4) is 0 Å². The van der Waals surface area contributed by atoms with Crippen LogP contribution in [0.1, 0.15) is 18.1 Å². The first kappa shape index (κ1) is 14.2. The van der Waals surface area contributed by atoms with Gasteiger partial charge >= 0.3 is 0 Å². The summed E-state index contributed by atoms with van der Waals surface area (Å²) in [6.07, 6.45) is -4.24. The summed E-state index contributed by atoms with van der Waals surface area (Å²) in [4.78, 5) is 0. The van der Waals surface area contributed by atoms with Gasteiger partial charge in [-0.05, 0) is 0 Å². The number of ether oxygens (including phenoxy) is 1. The predicted molar refractivity (Wildman–Crippen MR) is 51.6 cm³/mol. The van der Waals surface area contributed by atoms with Crippen LogP contribution in [0.4, 0.5) is 22.0 Å². The van der Waals surface area contributed by atoms with Gasteiger partial charge in [0.25, 0.3) is 0 Å². The van der Waals surface area contributed by atoms with Gasteiger partial charge < -0.3 is 14.9 Å². The van der Waals surface area contributed by atoms with Crippen molar-refractivity contribution in [3.8, 4) is 0 Å². The van der Waals surface area contributed by atoms with Crippen molar-refractivity contribution in [2.24, 2.45) is 0 Å². The molecule has 0 aromatic heterocycles. The summed E-state index contributed by atoms with van der Waals surface area (Å²) in [7, 11) is 0. The minimum atomic E-state index is -2.25. The molecule has 0 radical (unpaired) electrons. The smallest absolute Gasteiger partial charge is 0.200 e. The molecule has 2 N–H and O–H groups in total. The van der Waals surface area contributed by atoms with Gasteiger partial charge in [0.2, 0.25) is 5.82 Å². The Balaban J connectivity index is 2.47. The second-order valence-corrected chi connectivity index (χ2v) is 4.13. The summed E-state index contributed by atoms with van der Waals surface area (Å²) < 4.78 is 70.7. The lowest BCUT2D eigenvalue weighted by atomic mass is 10.0. The number of halogens is 5. The van der Waals surface area contributed by atoms with Crippen LogP contribution >= 0.6 is 0 Å². The summed E-state index contributed by atoms with van der Waals surface area (Å²) in [6, 6.07) is 0. The van der Waals surface area contributed by atoms with Crippen LogP contribution in [0, 0.1) is 29.1 Å². The molecule has 0 bridgehead atoms. The molecule has 106 valence electrons. The molecule has 8 heteroatoms. The average molecular weight is 284 g/mol. The molecule has 1 fully saturated rings. The highest BCUT2D eigenvalue weighted by Crippen LogP contribution is 2.37. The molecule has 2 rings (SSSR count). The van der Waals surface area contributed by atoms with Crippen molar-refractivity contribution < 1.29 is 36.9 Å². The van der Waals surface area contributed by atoms with Gasteiger partial charge in [-0.3, -0.25) is 0 Å². The predicted octanol–water partition coefficient (Wildman–Crippen LogP) is 1.57. The van der Waals surface area contributed by atoms with Crippen molar-refractivity contribution in [1.29, 1.82) is 0 Å². The zero-order valence-electron chi connectivity index (χ0n) is 9.34. The van der Waals surface area contributed by atoms with E-state index < -0.39 is 59.6 Å². The number of benzene rings is 1. The lowest BCUT2D eigenvalue weighted by Gasteiger charge is -2.15. The summed E-state index contributed by atoms with van der Waals surface area (Å²) in [5.74, 6) is -10.4. The third-order valence-corrected chi connectivity index (χ3v) is 2.97. The average Bonchev–Trinajstić information content (AvgIpc) is 2.75. The number of aliphatic hydroxyl groups excluding tert-OH is 2. The standard InChI is InChI=1S/C11H9F5O3/c12-7-6(4-1-3(18)5(2-17)19-4)8(13)10(15)11(16)9(7)14/h3-5,17-18H,1-2H2/t3-,4-,5+/m0/s1. The Bertz CT molecular complexity index is 479. The van der Waals surface area contributed by atoms with Crippen LogP contribution < -0.4 is 0 Å². The van der Waals surface area contributed by atoms with Crippen molar-refractivity contribution in [2.75, 3.05) is 6.61 Å². The lowest BCUT2D eigenvalue weighted by molar-refractivity contribution is -0.0246. The van der Waals surface area contributed by atoms with E-state index in [1.165, 1.54) is 0 Å². The van der Waals surface area contributed by atoms with Crippen LogP contribution in [-0.2, 0) is 4.74 Å². The Morgan fingerprint density at radius 2 is 1.42 bits per heavy atom. The molecule has 1 saturated heterocycles. The van der Waals surface area contributed by atoms with Crippen molar-refractivity contribution in [3.05, 3.63) is 34.6 Å². The molecule has 0 amide bonds. The molecule has 0 spiro atoms. The molecule has 3 atom stereocenters. The lowest BCUT2D eigenvalue weighted by Crippen LogP contribution is -2.24. The fourth-order valence-electron chi connectivity index (χ4n) is 1.98. The summed E-state index contributed by atoms with van der Waals surface area (Å²) >= 11 is 0. The summed E-state index contributed by atoms with van der Waals surface area (Å²) in [5, 5.41) is 18.2. The molecule has 1 aromatic carbocycles. The summed E-state index contributed by atoms with van der Waals surface area (Å²) in [6.45, 7) is -0.632. The molecule has 1 aliphatic rings. The quantitative estimate of drug-likeness (QED) is 0.492. The second kappa shape index (κ2) is 5.03. The minimum Gasteiger partial charge on any atom is -0.394 e. The Morgan fingerprint density at radius 1 is 0.947 bits per heavy atom. The van der Waals surface area contributed by atoms with Gasteiger partial charge in [-0.2, -0.15) is 0 Å². The van der Waals surface area contributed by atoms with E-state index in [0.717, 1.165) is 0 Å². The van der Waals surface area contributed by atoms with E-state index in [2.05, 4.69) is 0 Å². The van der Waals surface area contributed by atoms with Crippen molar-refractivity contribution >= 4 is 0 Å². The second-order valence-electron chi connectivity index (χ2n) is 4.13. The van der Waals surface area contributed by atoms with Gasteiger partial charge in [-0.1, -0.05) is 0 Å². The van der Waals surface area contributed by atoms with Crippen molar-refractivity contribution in [2.45, 2.75) is 24.7 Å². The van der Waals surface area contributed by atoms with E-state index >= 15 is 0 Å². The number of hydrogen-bond donors (Lipinski definition) is 2. The van der Waals surface area contributed by atoms with Gasteiger partial charge in [0.05, 0.1) is 24.4 Å². The van der Waals surface area contributed by atoms with E-state index in [1.807, 2.05) is 0 Å². The molecular formula is C11H9F5O3. The molecule has 3 nitrogen and oxygen atoms in total. The molecule has 0 saturated carbocycles. The first-order valence-electron chi connectivity index (χ1n) is 5.34. The third kappa shape index (κ3) is 2.19. The third-order valence-electron chi connectivity index (χ3n) is 2.97. The Kier molecular flexibility index (Phi) is 3.75. The van der Waals surface area contributed by atoms with E-state index in [1.54, 1.807) is 0 Å². The number of rotatable bonds is 2. The first-order chi connectivity index (χ1) is 8.88. The largest absolute Gasteiger partial charge is 0.394 e. The topological polar surface area (TPSA) is 49.7 Å². The monoisotopic (exact) mass is 284 g/mol. The van der Waals surface area contributed by atoms with Crippen molar-refractivity contribution in [1.82, 2.24) is 0 Å².